The van der Waals surface area contributed by atoms with Crippen LogP contribution in [0.4, 0.5) is 0 Å². The van der Waals surface area contributed by atoms with Gasteiger partial charge in [0.25, 0.3) is 0 Å². The van der Waals surface area contributed by atoms with Crippen LogP contribution < -0.4 is 26.0 Å². The number of fused-ring (bicyclic) bond motifs is 1. The smallest absolute Gasteiger partial charge is 0.328 e. The molecular weight excluding hydrogens is 775 g/mol. The first-order valence-electron chi connectivity index (χ1n) is 20.9. The molecule has 320 valence electrons. The molecule has 5 aromatic rings. The second-order valence-electron chi connectivity index (χ2n) is 15.5. The van der Waals surface area contributed by atoms with Crippen molar-refractivity contribution in [3.8, 4) is 5.75 Å². The lowest BCUT2D eigenvalue weighted by molar-refractivity contribution is -0.145. The molecule has 0 spiro atoms. The predicted molar refractivity (Wildman–Crippen MR) is 231 cm³/mol. The first kappa shape index (κ1) is 44.1. The molecule has 0 aliphatic heterocycles. The monoisotopic (exact) mass is 829 g/mol. The summed E-state index contributed by atoms with van der Waals surface area (Å²) in [5, 5.41) is 12.3. The van der Waals surface area contributed by atoms with Gasteiger partial charge in [-0.15, -0.1) is 0 Å². The second kappa shape index (κ2) is 22.2. The Morgan fingerprint density at radius 3 is 1.90 bits per heavy atom. The van der Waals surface area contributed by atoms with Gasteiger partial charge in [0, 0.05) is 35.9 Å². The summed E-state index contributed by atoms with van der Waals surface area (Å²) < 4.78 is 16.7. The number of ether oxygens (including phenoxy) is 3. The van der Waals surface area contributed by atoms with Crippen molar-refractivity contribution in [2.24, 2.45) is 5.92 Å². The minimum atomic E-state index is -1.26. The summed E-state index contributed by atoms with van der Waals surface area (Å²) in [6.45, 7) is 1.76. The quantitative estimate of drug-likeness (QED) is 0.0643. The van der Waals surface area contributed by atoms with Crippen molar-refractivity contribution in [2.75, 3.05) is 13.7 Å². The molecule has 1 aromatic heterocycles. The highest BCUT2D eigenvalue weighted by Crippen LogP contribution is 2.25. The zero-order valence-corrected chi connectivity index (χ0v) is 34.7. The van der Waals surface area contributed by atoms with Crippen LogP contribution in [0.2, 0.25) is 0 Å². The van der Waals surface area contributed by atoms with E-state index in [-0.39, 0.29) is 37.9 Å². The van der Waals surface area contributed by atoms with E-state index in [9.17, 15) is 24.0 Å². The van der Waals surface area contributed by atoms with Crippen molar-refractivity contribution in [3.05, 3.63) is 138 Å². The summed E-state index contributed by atoms with van der Waals surface area (Å²) in [6.07, 6.45) is 6.47. The molecule has 61 heavy (non-hydrogen) atoms. The summed E-state index contributed by atoms with van der Waals surface area (Å²) in [6, 6.07) is 29.5. The summed E-state index contributed by atoms with van der Waals surface area (Å²) in [7, 11) is 1.21. The number of aromatic amines is 1. The summed E-state index contributed by atoms with van der Waals surface area (Å²) in [4.78, 5) is 71.8. The van der Waals surface area contributed by atoms with Crippen LogP contribution in [0.25, 0.3) is 10.9 Å². The van der Waals surface area contributed by atoms with Crippen LogP contribution in [0.3, 0.4) is 0 Å². The molecule has 6 rings (SSSR count). The van der Waals surface area contributed by atoms with Gasteiger partial charge in [-0.2, -0.15) is 0 Å². The molecule has 1 heterocycles. The van der Waals surface area contributed by atoms with Gasteiger partial charge in [-0.05, 0) is 60.2 Å². The van der Waals surface area contributed by atoms with Gasteiger partial charge in [-0.25, -0.2) is 4.79 Å². The number of carbonyl (C=O) groups is 5. The van der Waals surface area contributed by atoms with Crippen molar-refractivity contribution in [1.29, 1.82) is 0 Å². The number of rotatable bonds is 20. The highest BCUT2D eigenvalue weighted by Gasteiger charge is 2.33. The van der Waals surface area contributed by atoms with Gasteiger partial charge >= 0.3 is 5.97 Å². The number of aromatic nitrogens is 1. The maximum absolute atomic E-state index is 14.5. The molecule has 1 aliphatic rings. The van der Waals surface area contributed by atoms with E-state index >= 15 is 0 Å². The summed E-state index contributed by atoms with van der Waals surface area (Å²) in [5.74, 6) is -2.36. The number of carbonyl (C=O) groups excluding carboxylic acids is 5. The normalized spacial score (nSPS) is 14.8. The molecule has 0 radical (unpaired) electrons. The maximum atomic E-state index is 14.5. The van der Waals surface area contributed by atoms with Gasteiger partial charge in [0.05, 0.1) is 20.3 Å². The highest BCUT2D eigenvalue weighted by atomic mass is 16.5. The summed E-state index contributed by atoms with van der Waals surface area (Å²) in [5.41, 5.74) is 4.29. The van der Waals surface area contributed by atoms with Crippen molar-refractivity contribution >= 4 is 40.5 Å². The van der Waals surface area contributed by atoms with Crippen LogP contribution in [-0.4, -0.2) is 72.5 Å². The minimum Gasteiger partial charge on any atom is -0.489 e. The molecule has 4 amide bonds. The number of hydrogen-bond donors (Lipinski definition) is 5. The van der Waals surface area contributed by atoms with Gasteiger partial charge in [-0.3, -0.25) is 19.2 Å². The van der Waals surface area contributed by atoms with E-state index in [1.54, 1.807) is 12.1 Å². The molecule has 4 atom stereocenters. The Balaban J connectivity index is 1.25. The molecule has 0 bridgehead atoms. The van der Waals surface area contributed by atoms with Crippen LogP contribution in [-0.2, 0) is 59.5 Å². The Morgan fingerprint density at radius 2 is 1.23 bits per heavy atom. The lowest BCUT2D eigenvalue weighted by atomic mass is 9.88. The lowest BCUT2D eigenvalue weighted by Gasteiger charge is -2.27. The predicted octanol–water partition coefficient (Wildman–Crippen LogP) is 5.46. The third kappa shape index (κ3) is 13.0. The molecule has 0 saturated heterocycles. The number of para-hydroxylation sites is 1. The van der Waals surface area contributed by atoms with Crippen LogP contribution in [0.15, 0.2) is 115 Å². The largest absolute Gasteiger partial charge is 0.489 e. The van der Waals surface area contributed by atoms with E-state index in [0.29, 0.717) is 17.9 Å². The number of amides is 4. The van der Waals surface area contributed by atoms with Gasteiger partial charge in [-0.1, -0.05) is 110 Å². The fraction of sp³-hybridized carbons (Fsp3) is 0.354. The second-order valence-corrected chi connectivity index (χ2v) is 15.5. The van der Waals surface area contributed by atoms with Crippen LogP contribution in [0.1, 0.15) is 61.3 Å². The number of nitrogens with one attached hydrogen (secondary N) is 5. The van der Waals surface area contributed by atoms with Crippen molar-refractivity contribution < 1.29 is 38.2 Å². The van der Waals surface area contributed by atoms with Crippen LogP contribution in [0.5, 0.6) is 5.75 Å². The fourth-order valence-corrected chi connectivity index (χ4v) is 7.44. The maximum Gasteiger partial charge on any atom is 0.328 e. The van der Waals surface area contributed by atoms with E-state index < -0.39 is 47.9 Å². The number of H-pyrrole nitrogens is 1. The zero-order valence-electron chi connectivity index (χ0n) is 34.7. The molecule has 1 fully saturated rings. The number of esters is 1. The Kier molecular flexibility index (Phi) is 16.1. The van der Waals surface area contributed by atoms with Crippen LogP contribution in [0, 0.1) is 5.92 Å². The molecule has 1 aliphatic carbocycles. The minimum absolute atomic E-state index is 0.0324. The fourth-order valence-electron chi connectivity index (χ4n) is 7.44. The molecule has 0 unspecified atom stereocenters. The number of methoxy groups -OCH3 is 1. The third-order valence-corrected chi connectivity index (χ3v) is 10.9. The lowest BCUT2D eigenvalue weighted by Crippen LogP contribution is -2.59. The first-order chi connectivity index (χ1) is 29.7. The van der Waals surface area contributed by atoms with E-state index in [4.69, 9.17) is 14.2 Å². The van der Waals surface area contributed by atoms with Gasteiger partial charge in [0.1, 0.15) is 36.5 Å². The number of hydrogen-bond acceptors (Lipinski definition) is 8. The molecule has 1 saturated carbocycles. The summed E-state index contributed by atoms with van der Waals surface area (Å²) >= 11 is 0. The van der Waals surface area contributed by atoms with Crippen molar-refractivity contribution in [1.82, 2.24) is 26.3 Å². The first-order valence-corrected chi connectivity index (χ1v) is 20.9. The number of benzene rings is 4. The average molecular weight is 830 g/mol. The Bertz CT molecular complexity index is 2210. The molecule has 5 N–H and O–H groups in total. The van der Waals surface area contributed by atoms with Gasteiger partial charge < -0.3 is 40.5 Å². The highest BCUT2D eigenvalue weighted by molar-refractivity contribution is 5.96. The zero-order chi connectivity index (χ0) is 43.0. The SMILES string of the molecule is COC(=O)[C@@H](C)NC(=O)[C@H](COCc1ccccc1)NC(=O)[C@H](Cc1ccc(OCc2ccccc2)cc1)NC(=O)[C@H](Cc1c[nH]c2ccccc12)NC(=O)C1CCCCC1. The van der Waals surface area contributed by atoms with E-state index in [0.717, 1.165) is 59.7 Å². The van der Waals surface area contributed by atoms with E-state index in [1.807, 2.05) is 103 Å². The molecule has 13 nitrogen and oxygen atoms in total. The Morgan fingerprint density at radius 1 is 0.639 bits per heavy atom. The van der Waals surface area contributed by atoms with Crippen LogP contribution >= 0.6 is 0 Å². The third-order valence-electron chi connectivity index (χ3n) is 10.9. The van der Waals surface area contributed by atoms with E-state index in [1.165, 1.54) is 14.0 Å². The van der Waals surface area contributed by atoms with Gasteiger partial charge in [0.15, 0.2) is 0 Å². The van der Waals surface area contributed by atoms with Crippen molar-refractivity contribution in [2.45, 2.75) is 89.3 Å². The molecule has 13 heteroatoms. The van der Waals surface area contributed by atoms with E-state index in [2.05, 4.69) is 26.3 Å². The van der Waals surface area contributed by atoms with Gasteiger partial charge in [0.2, 0.25) is 23.6 Å². The topological polar surface area (TPSA) is 177 Å². The Labute approximate surface area is 356 Å². The average Bonchev–Trinajstić information content (AvgIpc) is 3.70. The standard InChI is InChI=1S/C48H55N5O8/c1-32(48(58)59-2)50-47(57)43(31-60-29-34-14-6-3-7-15-34)53-45(55)41(26-33-22-24-38(25-23-33)61-30-35-16-8-4-9-17-35)52-46(56)42(51-44(54)36-18-10-5-11-19-36)27-37-28-49-40-21-13-12-20-39(37)40/h3-4,6-9,12-17,20-25,28,32,36,41-43,49H,5,10-11,18-19,26-27,29-31H2,1-2H3,(H,50,57)(H,51,54)(H,52,56)(H,53,55)/t32-,41+,42+,43+/m1/s1. The molecule has 4 aromatic carbocycles. The molecular formula is C48H55N5O8. The Hall–Kier alpha value is -6.47. The van der Waals surface area contributed by atoms with Crippen molar-refractivity contribution in [3.63, 3.8) is 0 Å².